The molecule has 0 aliphatic carbocycles. The molecule has 10 N–H and O–H groups in total. The molecule has 0 fully saturated rings. The van der Waals surface area contributed by atoms with Gasteiger partial charge in [0, 0.05) is 67.8 Å². The Bertz CT molecular complexity index is 3190. The smallest absolute Gasteiger partial charge is 0.407 e. The number of hydrogen-bond acceptors (Lipinski definition) is 21. The maximum absolute atomic E-state index is 12.6. The number of rotatable bonds is 42. The van der Waals surface area contributed by atoms with Gasteiger partial charge in [0.2, 0.25) is 11.8 Å². The molecule has 5 rings (SSSR count). The first-order valence-electron chi connectivity index (χ1n) is 29.1. The molecule has 33 heteroatoms. The van der Waals surface area contributed by atoms with Gasteiger partial charge in [-0.1, -0.05) is 58.6 Å². The van der Waals surface area contributed by atoms with Crippen molar-refractivity contribution in [3.05, 3.63) is 102 Å². The largest absolute Gasteiger partial charge is 0.480 e. The van der Waals surface area contributed by atoms with Crippen LogP contribution in [-0.2, 0) is 74.0 Å². The Labute approximate surface area is 526 Å². The molecule has 0 bridgehead atoms. The van der Waals surface area contributed by atoms with Crippen molar-refractivity contribution in [2.45, 2.75) is 114 Å². The maximum atomic E-state index is 12.6. The predicted molar refractivity (Wildman–Crippen MR) is 325 cm³/mol. The number of nitrogens with one attached hydrogen (secondary N) is 4. The zero-order chi connectivity index (χ0) is 66.1. The number of unbranched alkanes of at least 4 members (excludes halogenated alkanes) is 2. The van der Waals surface area contributed by atoms with Crippen molar-refractivity contribution < 1.29 is 88.1 Å². The van der Waals surface area contributed by atoms with Gasteiger partial charge in [0.25, 0.3) is 0 Å². The van der Waals surface area contributed by atoms with Crippen molar-refractivity contribution in [2.75, 3.05) is 70.5 Å². The monoisotopic (exact) mass is 1290 g/mol. The number of aryl methyl sites for hydroxylation is 3. The van der Waals surface area contributed by atoms with Crippen LogP contribution in [0.5, 0.6) is 0 Å². The molecule has 2 aromatic heterocycles. The first-order valence-corrected chi connectivity index (χ1v) is 29.9. The van der Waals surface area contributed by atoms with E-state index in [1.54, 1.807) is 12.4 Å². The summed E-state index contributed by atoms with van der Waals surface area (Å²) in [5, 5.41) is 82.9. The molecule has 0 spiro atoms. The number of amides is 4. The Hall–Kier alpha value is -9.76. The lowest BCUT2D eigenvalue weighted by Crippen LogP contribution is -2.46. The van der Waals surface area contributed by atoms with Crippen LogP contribution in [0.4, 0.5) is 15.3 Å². The Kier molecular flexibility index (Phi) is 30.5. The van der Waals surface area contributed by atoms with E-state index in [1.165, 1.54) is 21.1 Å². The van der Waals surface area contributed by atoms with Crippen molar-refractivity contribution >= 4 is 87.9 Å². The highest BCUT2D eigenvalue weighted by Gasteiger charge is 2.30. The number of aromatic nitrogens is 6. The third-order valence-corrected chi connectivity index (χ3v) is 14.7. The highest BCUT2D eigenvalue weighted by atomic mass is 32.2. The maximum Gasteiger partial charge on any atom is 0.407 e. The van der Waals surface area contributed by atoms with Crippen molar-refractivity contribution in [2.24, 2.45) is 4.99 Å². The van der Waals surface area contributed by atoms with E-state index >= 15 is 0 Å². The molecule has 2 unspecified atom stereocenters. The summed E-state index contributed by atoms with van der Waals surface area (Å²) in [7, 11) is 0. The number of carboxylic acids is 6. The second-order valence-electron chi connectivity index (χ2n) is 20.6. The average molecular weight is 1290 g/mol. The number of hydrogen-bond donors (Lipinski definition) is 10. The minimum atomic E-state index is -1.35. The number of alkyl carbamates (subject to hydrolysis) is 2. The van der Waals surface area contributed by atoms with E-state index in [0.717, 1.165) is 42.1 Å². The second-order valence-corrected chi connectivity index (χ2v) is 21.7. The van der Waals surface area contributed by atoms with Crippen LogP contribution in [0.25, 0.3) is 5.57 Å². The van der Waals surface area contributed by atoms with Crippen LogP contribution in [0, 0.1) is 6.92 Å². The molecular weight excluding hydrogens is 1210 g/mol. The summed E-state index contributed by atoms with van der Waals surface area (Å²) in [4.78, 5) is 128. The number of carbonyl (C=O) groups is 10. The summed E-state index contributed by atoms with van der Waals surface area (Å²) in [5.74, 6) is -8.70. The first-order chi connectivity index (χ1) is 43.6. The quantitative estimate of drug-likeness (QED) is 0.0132. The van der Waals surface area contributed by atoms with Crippen molar-refractivity contribution in [1.82, 2.24) is 61.1 Å². The zero-order valence-corrected chi connectivity index (χ0v) is 50.9. The molecule has 2 atom stereocenters. The fourth-order valence-corrected chi connectivity index (χ4v) is 10.1. The lowest BCUT2D eigenvalue weighted by atomic mass is 9.99. The molecule has 32 nitrogen and oxygen atoms in total. The van der Waals surface area contributed by atoms with E-state index in [0.29, 0.717) is 56.6 Å². The van der Waals surface area contributed by atoms with Crippen LogP contribution in [0.1, 0.15) is 86.7 Å². The van der Waals surface area contributed by atoms with Crippen LogP contribution in [0.2, 0.25) is 0 Å². The predicted octanol–water partition coefficient (Wildman–Crippen LogP) is 2.92. The van der Waals surface area contributed by atoms with Crippen LogP contribution in [0.3, 0.4) is 0 Å². The molecule has 3 heterocycles. The second kappa shape index (κ2) is 38.6. The SMILES string of the molecule is Cc1ccccc1SC(/C=C1\C=CN(CCCOC(=O)NCc2cn(CCC(=O)NCCCCC(C(=O)O)N(CC(=O)O)CC(=O)O)nn2)c2ccccc21)=NCCCOC(=O)NCc1cn(CCC(=O)NCCCCC(C(=O)O)N(CC(=O)O)CC(=O)O)nn1. The lowest BCUT2D eigenvalue weighted by Gasteiger charge is -2.27. The van der Waals surface area contributed by atoms with E-state index in [9.17, 15) is 58.2 Å². The Morgan fingerprint density at radius 3 is 1.58 bits per heavy atom. The third kappa shape index (κ3) is 27.3. The highest BCUT2D eigenvalue weighted by molar-refractivity contribution is 8.14. The fraction of sp³-hybridized carbons (Fsp3) is 0.466. The number of aliphatic imine (C=N–C) groups is 1. The van der Waals surface area contributed by atoms with Crippen molar-refractivity contribution in [3.63, 3.8) is 0 Å². The molecule has 91 heavy (non-hydrogen) atoms. The van der Waals surface area contributed by atoms with Gasteiger partial charge in [0.1, 0.15) is 23.5 Å². The normalized spacial score (nSPS) is 13.1. The Morgan fingerprint density at radius 2 is 1.09 bits per heavy atom. The van der Waals surface area contributed by atoms with Gasteiger partial charge in [0.15, 0.2) is 0 Å². The van der Waals surface area contributed by atoms with E-state index in [-0.39, 0.29) is 96.4 Å². The molecule has 0 radical (unpaired) electrons. The summed E-state index contributed by atoms with van der Waals surface area (Å²) in [6, 6.07) is 13.2. The van der Waals surface area contributed by atoms with Crippen molar-refractivity contribution in [1.29, 1.82) is 0 Å². The number of anilines is 1. The molecule has 4 amide bonds. The molecule has 0 saturated heterocycles. The molecule has 0 saturated carbocycles. The average Bonchev–Trinajstić information content (AvgIpc) is 1.58. The number of fused-ring (bicyclic) bond motifs is 1. The van der Waals surface area contributed by atoms with Crippen LogP contribution < -0.4 is 26.2 Å². The summed E-state index contributed by atoms with van der Waals surface area (Å²) in [6.45, 7) is 0.958. The number of thioether (sulfide) groups is 1. The van der Waals surface area contributed by atoms with Crippen LogP contribution in [-0.4, -0.2) is 213 Å². The van der Waals surface area contributed by atoms with Gasteiger partial charge in [0.05, 0.1) is 83.0 Å². The Morgan fingerprint density at radius 1 is 0.604 bits per heavy atom. The molecule has 2 aromatic carbocycles. The van der Waals surface area contributed by atoms with E-state index < -0.39 is 86.3 Å². The van der Waals surface area contributed by atoms with Gasteiger partial charge in [-0.25, -0.2) is 9.59 Å². The van der Waals surface area contributed by atoms with Gasteiger partial charge in [-0.2, -0.15) is 0 Å². The van der Waals surface area contributed by atoms with Gasteiger partial charge in [-0.3, -0.25) is 62.5 Å². The summed E-state index contributed by atoms with van der Waals surface area (Å²) in [5.41, 5.74) is 4.76. The number of benzene rings is 2. The third-order valence-electron chi connectivity index (χ3n) is 13.5. The topological polar surface area (TPSA) is 442 Å². The van der Waals surface area contributed by atoms with Gasteiger partial charge in [-0.05, 0) is 87.3 Å². The number of para-hydroxylation sites is 1. The van der Waals surface area contributed by atoms with E-state index in [2.05, 4.69) is 46.8 Å². The number of aliphatic carboxylic acids is 6. The van der Waals surface area contributed by atoms with E-state index in [4.69, 9.17) is 34.9 Å². The summed E-state index contributed by atoms with van der Waals surface area (Å²) < 4.78 is 13.7. The summed E-state index contributed by atoms with van der Waals surface area (Å²) >= 11 is 1.52. The van der Waals surface area contributed by atoms with Gasteiger partial charge < -0.3 is 66.3 Å². The molecule has 1 aliphatic rings. The summed E-state index contributed by atoms with van der Waals surface area (Å²) in [6.07, 6.45) is 10.1. The first kappa shape index (κ1) is 72.0. The number of carbonyl (C=O) groups excluding carboxylic acids is 4. The van der Waals surface area contributed by atoms with Gasteiger partial charge in [-0.15, -0.1) is 10.2 Å². The molecular formula is C58H76N14O18S. The highest BCUT2D eigenvalue weighted by Crippen LogP contribution is 2.34. The van der Waals surface area contributed by atoms with E-state index in [1.807, 2.05) is 73.8 Å². The van der Waals surface area contributed by atoms with Crippen molar-refractivity contribution in [3.8, 4) is 0 Å². The standard InChI is InChI=1S/C58H76N14O18S/c1-39-12-2-5-17-47(39)91-50(61-23-10-28-89-57(87)62-31-41-33-71(66-64-41)26-19-48(73)59-21-8-6-15-45(55(83)84)69(35-51(75)76)36-52(77)78)30-40-18-25-68(44-14-4-3-13-43(40)44)24-11-29-90-58(88)63-32-42-34-72(67-65-42)27-20-49(74)60-22-9-7-16-46(56(85)86)70(37-53(79)80)38-54(81)82/h2-5,12-14,17-18,25,30,33-34,45-46H,6-11,15-16,19-24,26-29,31-32,35-38H2,1H3,(H,59,73)(H,60,74)(H,62,87)(H,63,88)(H,75,76)(H,77,78)(H,79,80)(H,81,82)(H,83,84)(H,85,86)/b40-30+,61-50?. The lowest BCUT2D eigenvalue weighted by molar-refractivity contribution is -0.152. The Balaban J connectivity index is 0.992. The number of allylic oxidation sites excluding steroid dienone is 2. The minimum Gasteiger partial charge on any atom is -0.480 e. The van der Waals surface area contributed by atoms with Crippen LogP contribution in [0.15, 0.2) is 89.2 Å². The fourth-order valence-electron chi connectivity index (χ4n) is 9.12. The molecule has 492 valence electrons. The number of carboxylic acid groups (broad SMARTS) is 6. The minimum absolute atomic E-state index is 0.0111. The molecule has 1 aliphatic heterocycles. The number of ether oxygens (including phenoxy) is 2. The van der Waals surface area contributed by atoms with Crippen LogP contribution >= 0.6 is 11.8 Å². The zero-order valence-electron chi connectivity index (χ0n) is 50.1. The number of nitrogens with zero attached hydrogens (tertiary/aromatic N) is 10. The molecule has 4 aromatic rings. The van der Waals surface area contributed by atoms with Gasteiger partial charge >= 0.3 is 48.0 Å².